The van der Waals surface area contributed by atoms with E-state index in [2.05, 4.69) is 42.8 Å². The normalized spacial score (nSPS) is 11.8. The summed E-state index contributed by atoms with van der Waals surface area (Å²) in [6, 6.07) is 5.67. The summed E-state index contributed by atoms with van der Waals surface area (Å²) in [6.45, 7) is 17.0. The average Bonchev–Trinajstić information content (AvgIpc) is 3.04. The van der Waals surface area contributed by atoms with Crippen molar-refractivity contribution in [3.63, 3.8) is 0 Å². The third-order valence-corrected chi connectivity index (χ3v) is 5.33. The van der Waals surface area contributed by atoms with E-state index in [1.807, 2.05) is 16.8 Å². The van der Waals surface area contributed by atoms with Gasteiger partial charge in [-0.25, -0.2) is 0 Å². The summed E-state index contributed by atoms with van der Waals surface area (Å²) in [6.07, 6.45) is 2.10. The molecule has 1 aromatic carbocycles. The van der Waals surface area contributed by atoms with E-state index in [4.69, 9.17) is 5.10 Å². The molecule has 2 rings (SSSR count). The van der Waals surface area contributed by atoms with Crippen molar-refractivity contribution < 1.29 is 5.11 Å². The number of aromatic nitrogens is 2. The molecule has 6 heteroatoms. The zero-order chi connectivity index (χ0) is 19.6. The lowest BCUT2D eigenvalue weighted by molar-refractivity contribution is 0.291. The summed E-state index contributed by atoms with van der Waals surface area (Å²) in [5, 5.41) is 19.6. The third kappa shape index (κ3) is 5.84. The van der Waals surface area contributed by atoms with Crippen molar-refractivity contribution in [1.82, 2.24) is 19.6 Å². The van der Waals surface area contributed by atoms with Crippen LogP contribution < -0.4 is 5.32 Å². The van der Waals surface area contributed by atoms with Gasteiger partial charge in [-0.2, -0.15) is 5.10 Å². The topological polar surface area (TPSA) is 56.6 Å². The Kier molecular flexibility index (Phi) is 8.88. The Labute approximate surface area is 164 Å². The molecule has 2 N–H and O–H groups in total. The molecule has 2 aromatic rings. The van der Waals surface area contributed by atoms with Crippen LogP contribution in [0.1, 0.15) is 40.5 Å². The highest BCUT2D eigenvalue weighted by Gasteiger charge is 2.14. The Morgan fingerprint density at radius 2 is 1.59 bits per heavy atom. The minimum absolute atomic E-state index is 0.305. The molecule has 0 aliphatic carbocycles. The first-order valence-corrected chi connectivity index (χ1v) is 10.5. The molecule has 0 fully saturated rings. The molecule has 0 atom stereocenters. The van der Waals surface area contributed by atoms with Gasteiger partial charge in [0.1, 0.15) is 11.3 Å². The Morgan fingerprint density at radius 3 is 2.22 bits per heavy atom. The second-order valence-corrected chi connectivity index (χ2v) is 6.93. The van der Waals surface area contributed by atoms with E-state index in [0.717, 1.165) is 81.9 Å². The Balaban J connectivity index is 2.03. The highest BCUT2D eigenvalue weighted by atomic mass is 16.3. The number of benzene rings is 1. The van der Waals surface area contributed by atoms with Crippen LogP contribution in [0.15, 0.2) is 18.2 Å². The van der Waals surface area contributed by atoms with Gasteiger partial charge >= 0.3 is 0 Å². The number of nitrogens with zero attached hydrogens (tertiary/aromatic N) is 4. The van der Waals surface area contributed by atoms with Crippen LogP contribution in [-0.4, -0.2) is 70.5 Å². The zero-order valence-corrected chi connectivity index (χ0v) is 17.5. The van der Waals surface area contributed by atoms with Crippen LogP contribution in [0.3, 0.4) is 0 Å². The predicted octanol–water partition coefficient (Wildman–Crippen LogP) is 3.62. The van der Waals surface area contributed by atoms with Crippen LogP contribution in [0.5, 0.6) is 5.75 Å². The van der Waals surface area contributed by atoms with Gasteiger partial charge in [-0.05, 0) is 64.2 Å². The summed E-state index contributed by atoms with van der Waals surface area (Å²) in [5.74, 6) is 1.18. The van der Waals surface area contributed by atoms with Gasteiger partial charge in [0, 0.05) is 18.5 Å². The Bertz CT molecular complexity index is 677. The van der Waals surface area contributed by atoms with E-state index >= 15 is 0 Å². The molecule has 152 valence electrons. The number of aromatic hydroxyl groups is 1. The van der Waals surface area contributed by atoms with Crippen molar-refractivity contribution >= 4 is 16.7 Å². The Hall–Kier alpha value is -1.79. The number of aryl methyl sites for hydroxylation is 1. The largest absolute Gasteiger partial charge is 0.506 e. The molecule has 0 amide bonds. The first-order chi connectivity index (χ1) is 13.1. The van der Waals surface area contributed by atoms with Crippen molar-refractivity contribution in [2.45, 2.75) is 47.1 Å². The summed E-state index contributed by atoms with van der Waals surface area (Å²) >= 11 is 0. The molecule has 1 heterocycles. The lowest BCUT2D eigenvalue weighted by Crippen LogP contribution is -2.25. The van der Waals surface area contributed by atoms with Gasteiger partial charge in [0.05, 0.1) is 0 Å². The number of phenols is 1. The number of anilines is 1. The molecule has 0 aliphatic heterocycles. The maximum atomic E-state index is 10.4. The first kappa shape index (κ1) is 21.5. The van der Waals surface area contributed by atoms with E-state index in [9.17, 15) is 5.11 Å². The van der Waals surface area contributed by atoms with Gasteiger partial charge < -0.3 is 20.2 Å². The van der Waals surface area contributed by atoms with Crippen LogP contribution in [0, 0.1) is 0 Å². The van der Waals surface area contributed by atoms with Crippen LogP contribution in [0.4, 0.5) is 5.82 Å². The molecule has 0 saturated carbocycles. The number of fused-ring (bicyclic) bond motifs is 1. The lowest BCUT2D eigenvalue weighted by atomic mass is 10.2. The molecule has 0 saturated heterocycles. The van der Waals surface area contributed by atoms with Crippen LogP contribution in [0.25, 0.3) is 10.9 Å². The number of phenolic OH excluding ortho intramolecular Hbond substituents is 1. The monoisotopic (exact) mass is 375 g/mol. The van der Waals surface area contributed by atoms with Crippen molar-refractivity contribution in [2.24, 2.45) is 0 Å². The van der Waals surface area contributed by atoms with Gasteiger partial charge in [-0.15, -0.1) is 0 Å². The fraction of sp³-hybridized carbons (Fsp3) is 0.667. The van der Waals surface area contributed by atoms with E-state index < -0.39 is 0 Å². The third-order valence-electron chi connectivity index (χ3n) is 5.33. The van der Waals surface area contributed by atoms with E-state index in [-0.39, 0.29) is 0 Å². The molecular weight excluding hydrogens is 338 g/mol. The molecular formula is C21H37N5O. The van der Waals surface area contributed by atoms with Crippen molar-refractivity contribution in [3.05, 3.63) is 18.2 Å². The first-order valence-electron chi connectivity index (χ1n) is 10.5. The molecule has 1 aromatic heterocycles. The van der Waals surface area contributed by atoms with Crippen molar-refractivity contribution in [2.75, 3.05) is 51.1 Å². The molecule has 0 bridgehead atoms. The highest BCUT2D eigenvalue weighted by molar-refractivity contribution is 5.94. The smallest absolute Gasteiger partial charge is 0.156 e. The molecule has 6 nitrogen and oxygen atoms in total. The maximum Gasteiger partial charge on any atom is 0.156 e. The summed E-state index contributed by atoms with van der Waals surface area (Å²) in [4.78, 5) is 4.84. The van der Waals surface area contributed by atoms with Gasteiger partial charge in [0.15, 0.2) is 5.82 Å². The second-order valence-electron chi connectivity index (χ2n) is 6.93. The minimum Gasteiger partial charge on any atom is -0.506 e. The summed E-state index contributed by atoms with van der Waals surface area (Å²) in [7, 11) is 0. The fourth-order valence-electron chi connectivity index (χ4n) is 3.54. The van der Waals surface area contributed by atoms with Crippen LogP contribution >= 0.6 is 0 Å². The quantitative estimate of drug-likeness (QED) is 0.524. The number of hydrogen-bond donors (Lipinski definition) is 2. The SMILES string of the molecule is CCN(CC)CCCNc1nn(CCCN(CC)CC)c2c(O)cccc12. The molecule has 27 heavy (non-hydrogen) atoms. The van der Waals surface area contributed by atoms with E-state index in [0.29, 0.717) is 5.75 Å². The summed E-state index contributed by atoms with van der Waals surface area (Å²) in [5.41, 5.74) is 0.836. The number of para-hydroxylation sites is 1. The second kappa shape index (κ2) is 11.1. The molecule has 0 unspecified atom stereocenters. The number of nitrogens with one attached hydrogen (secondary N) is 1. The zero-order valence-electron chi connectivity index (χ0n) is 17.5. The average molecular weight is 376 g/mol. The molecule has 0 aliphatic rings. The lowest BCUT2D eigenvalue weighted by Gasteiger charge is -2.17. The van der Waals surface area contributed by atoms with Gasteiger partial charge in [-0.3, -0.25) is 4.68 Å². The predicted molar refractivity (Wildman–Crippen MR) is 115 cm³/mol. The fourth-order valence-corrected chi connectivity index (χ4v) is 3.54. The van der Waals surface area contributed by atoms with Crippen LogP contribution in [-0.2, 0) is 6.54 Å². The van der Waals surface area contributed by atoms with Crippen LogP contribution in [0.2, 0.25) is 0 Å². The molecule has 0 radical (unpaired) electrons. The Morgan fingerprint density at radius 1 is 0.963 bits per heavy atom. The van der Waals surface area contributed by atoms with Crippen molar-refractivity contribution in [1.29, 1.82) is 0 Å². The van der Waals surface area contributed by atoms with E-state index in [1.165, 1.54) is 0 Å². The van der Waals surface area contributed by atoms with E-state index in [1.54, 1.807) is 6.07 Å². The number of rotatable bonds is 13. The molecule has 0 spiro atoms. The number of hydrogen-bond acceptors (Lipinski definition) is 5. The maximum absolute atomic E-state index is 10.4. The minimum atomic E-state index is 0.305. The standard InChI is InChI=1S/C21H37N5O/c1-5-24(6-2)15-10-14-22-21-18-12-9-13-19(27)20(18)26(23-21)17-11-16-25(7-3)8-4/h9,12-13,27H,5-8,10-11,14-17H2,1-4H3,(H,22,23). The van der Waals surface area contributed by atoms with Gasteiger partial charge in [-0.1, -0.05) is 33.8 Å². The van der Waals surface area contributed by atoms with Gasteiger partial charge in [0.2, 0.25) is 0 Å². The van der Waals surface area contributed by atoms with Gasteiger partial charge in [0.25, 0.3) is 0 Å². The summed E-state index contributed by atoms with van der Waals surface area (Å²) < 4.78 is 1.96. The van der Waals surface area contributed by atoms with Crippen molar-refractivity contribution in [3.8, 4) is 5.75 Å². The highest BCUT2D eigenvalue weighted by Crippen LogP contribution is 2.30.